The van der Waals surface area contributed by atoms with Gasteiger partial charge in [-0.3, -0.25) is 9.47 Å². The van der Waals surface area contributed by atoms with Crippen molar-refractivity contribution in [2.24, 2.45) is 0 Å². The van der Waals surface area contributed by atoms with Crippen molar-refractivity contribution in [2.45, 2.75) is 35.2 Å². The lowest BCUT2D eigenvalue weighted by Crippen LogP contribution is -2.48. The van der Waals surface area contributed by atoms with E-state index >= 15 is 0 Å². The highest BCUT2D eigenvalue weighted by atomic mass is 35.5. The first-order valence-electron chi connectivity index (χ1n) is 12.3. The summed E-state index contributed by atoms with van der Waals surface area (Å²) in [5, 5.41) is 0.813. The third-order valence-corrected chi connectivity index (χ3v) is 8.76. The molecule has 0 saturated carbocycles. The van der Waals surface area contributed by atoms with Gasteiger partial charge < -0.3 is 9.88 Å². The van der Waals surface area contributed by atoms with Crippen molar-refractivity contribution in [3.05, 3.63) is 93.4 Å². The van der Waals surface area contributed by atoms with Crippen LogP contribution in [0.3, 0.4) is 0 Å². The van der Waals surface area contributed by atoms with E-state index < -0.39 is 0 Å². The van der Waals surface area contributed by atoms with Gasteiger partial charge in [0.05, 0.1) is 11.0 Å². The van der Waals surface area contributed by atoms with Crippen molar-refractivity contribution in [1.82, 2.24) is 19.4 Å². The molecular formula is C28H29ClN4OS. The summed E-state index contributed by atoms with van der Waals surface area (Å²) in [5.74, 6) is 0. The van der Waals surface area contributed by atoms with E-state index in [4.69, 9.17) is 11.6 Å². The lowest BCUT2D eigenvalue weighted by Gasteiger charge is -2.39. The Labute approximate surface area is 214 Å². The zero-order chi connectivity index (χ0) is 23.8. The Morgan fingerprint density at radius 1 is 0.914 bits per heavy atom. The number of nitrogens with one attached hydrogen (secondary N) is 1. The third kappa shape index (κ3) is 4.68. The Balaban J connectivity index is 1.11. The van der Waals surface area contributed by atoms with E-state index in [0.717, 1.165) is 68.2 Å². The van der Waals surface area contributed by atoms with Crippen LogP contribution in [0.25, 0.3) is 11.0 Å². The molecule has 0 amide bonds. The lowest BCUT2D eigenvalue weighted by molar-refractivity contribution is 0.0929. The van der Waals surface area contributed by atoms with E-state index in [2.05, 4.69) is 51.2 Å². The molecule has 0 radical (unpaired) electrons. The number of H-pyrrole nitrogens is 1. The molecule has 1 atom stereocenters. The summed E-state index contributed by atoms with van der Waals surface area (Å²) in [6, 6.07) is 23.4. The van der Waals surface area contributed by atoms with Crippen molar-refractivity contribution < 1.29 is 0 Å². The van der Waals surface area contributed by atoms with Crippen molar-refractivity contribution in [1.29, 1.82) is 0 Å². The van der Waals surface area contributed by atoms with Crippen LogP contribution in [-0.4, -0.2) is 52.1 Å². The van der Waals surface area contributed by atoms with Gasteiger partial charge in [-0.1, -0.05) is 53.7 Å². The van der Waals surface area contributed by atoms with Crippen LogP contribution in [0.4, 0.5) is 0 Å². The van der Waals surface area contributed by atoms with E-state index in [1.165, 1.54) is 20.9 Å². The number of hydrogen-bond donors (Lipinski definition) is 1. The molecule has 4 aromatic rings. The fourth-order valence-electron chi connectivity index (χ4n) is 5.50. The highest BCUT2D eigenvalue weighted by molar-refractivity contribution is 7.99. The molecule has 2 aliphatic rings. The molecule has 0 spiro atoms. The zero-order valence-corrected chi connectivity index (χ0v) is 21.2. The van der Waals surface area contributed by atoms with Gasteiger partial charge >= 0.3 is 5.69 Å². The lowest BCUT2D eigenvalue weighted by atomic mass is 9.96. The minimum absolute atomic E-state index is 0.0127. The van der Waals surface area contributed by atoms with Gasteiger partial charge in [-0.15, -0.1) is 0 Å². The SMILES string of the molecule is O=c1[nH]c2ccccc2n1CCCN1CCN(C2Cc3cc(Cl)ccc3Sc3ccccc32)CC1. The third-order valence-electron chi connectivity index (χ3n) is 7.32. The normalized spacial score (nSPS) is 18.8. The van der Waals surface area contributed by atoms with Gasteiger partial charge in [0.25, 0.3) is 0 Å². The van der Waals surface area contributed by atoms with Crippen LogP contribution in [0.2, 0.25) is 5.02 Å². The molecule has 1 N–H and O–H groups in total. The molecule has 3 aromatic carbocycles. The number of benzene rings is 3. The Morgan fingerprint density at radius 2 is 1.71 bits per heavy atom. The first-order chi connectivity index (χ1) is 17.2. The number of aryl methyl sites for hydroxylation is 1. The van der Waals surface area contributed by atoms with E-state index in [1.807, 2.05) is 46.7 Å². The molecule has 35 heavy (non-hydrogen) atoms. The van der Waals surface area contributed by atoms with E-state index in [0.29, 0.717) is 6.04 Å². The number of hydrogen-bond acceptors (Lipinski definition) is 4. The summed E-state index contributed by atoms with van der Waals surface area (Å²) in [4.78, 5) is 23.2. The largest absolute Gasteiger partial charge is 0.326 e. The van der Waals surface area contributed by atoms with Crippen LogP contribution in [0.1, 0.15) is 23.6 Å². The second kappa shape index (κ2) is 9.86. The maximum Gasteiger partial charge on any atom is 0.326 e. The molecule has 5 nitrogen and oxygen atoms in total. The van der Waals surface area contributed by atoms with Crippen molar-refractivity contribution in [2.75, 3.05) is 32.7 Å². The molecule has 1 unspecified atom stereocenters. The fourth-order valence-corrected chi connectivity index (χ4v) is 6.81. The molecule has 7 heteroatoms. The average molecular weight is 505 g/mol. The molecule has 1 saturated heterocycles. The molecule has 0 aliphatic carbocycles. The molecule has 2 aliphatic heterocycles. The van der Waals surface area contributed by atoms with Gasteiger partial charge in [0, 0.05) is 53.6 Å². The summed E-state index contributed by atoms with van der Waals surface area (Å²) < 4.78 is 1.87. The van der Waals surface area contributed by atoms with Gasteiger partial charge in [-0.25, -0.2) is 4.79 Å². The van der Waals surface area contributed by atoms with E-state index in [-0.39, 0.29) is 5.69 Å². The average Bonchev–Trinajstić information content (AvgIpc) is 3.10. The number of halogens is 1. The van der Waals surface area contributed by atoms with Crippen LogP contribution >= 0.6 is 23.4 Å². The number of rotatable bonds is 5. The van der Waals surface area contributed by atoms with E-state index in [9.17, 15) is 4.79 Å². The fraction of sp³-hybridized carbons (Fsp3) is 0.321. The van der Waals surface area contributed by atoms with Gasteiger partial charge in [-0.05, 0) is 66.9 Å². The number of imidazole rings is 1. The van der Waals surface area contributed by atoms with Crippen LogP contribution in [-0.2, 0) is 13.0 Å². The summed E-state index contributed by atoms with van der Waals surface area (Å²) >= 11 is 8.23. The first-order valence-corrected chi connectivity index (χ1v) is 13.5. The van der Waals surface area contributed by atoms with Crippen LogP contribution in [0, 0.1) is 0 Å². The molecular weight excluding hydrogens is 476 g/mol. The predicted octanol–water partition coefficient (Wildman–Crippen LogP) is 5.44. The molecule has 0 bridgehead atoms. The standard InChI is InChI=1S/C28H29ClN4OS/c29-21-10-11-26-20(18-21)19-25(22-6-1-4-9-27(22)35-26)32-16-14-31(15-17-32)12-5-13-33-24-8-3-2-7-23(24)30-28(33)34/h1-4,6-11,18,25H,5,12-17,19H2,(H,30,34). The highest BCUT2D eigenvalue weighted by Gasteiger charge is 2.29. The second-order valence-electron chi connectivity index (χ2n) is 9.44. The monoisotopic (exact) mass is 504 g/mol. The Bertz CT molecular complexity index is 1410. The zero-order valence-electron chi connectivity index (χ0n) is 19.6. The second-order valence-corrected chi connectivity index (χ2v) is 11.0. The number of para-hydroxylation sites is 2. The smallest absolute Gasteiger partial charge is 0.306 e. The molecule has 1 aromatic heterocycles. The van der Waals surface area contributed by atoms with Gasteiger partial charge in [0.2, 0.25) is 0 Å². The molecule has 1 fully saturated rings. The number of aromatic amines is 1. The number of aromatic nitrogens is 2. The highest BCUT2D eigenvalue weighted by Crippen LogP contribution is 2.43. The summed E-state index contributed by atoms with van der Waals surface area (Å²) in [6.45, 7) is 5.95. The van der Waals surface area contributed by atoms with Gasteiger partial charge in [0.15, 0.2) is 0 Å². The van der Waals surface area contributed by atoms with Gasteiger partial charge in [0.1, 0.15) is 0 Å². The molecule has 6 rings (SSSR count). The van der Waals surface area contributed by atoms with Crippen LogP contribution < -0.4 is 5.69 Å². The summed E-state index contributed by atoms with van der Waals surface area (Å²) in [7, 11) is 0. The maximum atomic E-state index is 12.4. The number of nitrogens with zero attached hydrogens (tertiary/aromatic N) is 3. The first kappa shape index (κ1) is 22.9. The minimum atomic E-state index is -0.0127. The summed E-state index contributed by atoms with van der Waals surface area (Å²) in [5.41, 5.74) is 4.66. The predicted molar refractivity (Wildman–Crippen MR) is 144 cm³/mol. The topological polar surface area (TPSA) is 44.3 Å². The number of piperazine rings is 1. The van der Waals surface area contributed by atoms with Crippen LogP contribution in [0.15, 0.2) is 81.3 Å². The molecule has 3 heterocycles. The Hall–Kier alpha value is -2.51. The summed E-state index contributed by atoms with van der Waals surface area (Å²) in [6.07, 6.45) is 1.96. The van der Waals surface area contributed by atoms with Crippen molar-refractivity contribution in [3.8, 4) is 0 Å². The minimum Gasteiger partial charge on any atom is -0.306 e. The maximum absolute atomic E-state index is 12.4. The van der Waals surface area contributed by atoms with E-state index in [1.54, 1.807) is 0 Å². The quantitative estimate of drug-likeness (QED) is 0.393. The van der Waals surface area contributed by atoms with Crippen molar-refractivity contribution >= 4 is 34.4 Å². The van der Waals surface area contributed by atoms with Crippen LogP contribution in [0.5, 0.6) is 0 Å². The van der Waals surface area contributed by atoms with Crippen molar-refractivity contribution in [3.63, 3.8) is 0 Å². The van der Waals surface area contributed by atoms with Gasteiger partial charge in [-0.2, -0.15) is 0 Å². The molecule has 180 valence electrons. The Morgan fingerprint density at radius 3 is 2.60 bits per heavy atom. The Kier molecular flexibility index (Phi) is 6.46. The number of fused-ring (bicyclic) bond motifs is 3.